The molecule has 0 bridgehead atoms. The highest BCUT2D eigenvalue weighted by molar-refractivity contribution is 7.89. The molecule has 144 valence electrons. The zero-order valence-electron chi connectivity index (χ0n) is 14.8. The first kappa shape index (κ1) is 20.5. The summed E-state index contributed by atoms with van der Waals surface area (Å²) < 4.78 is 44.6. The second-order valence-electron chi connectivity index (χ2n) is 5.76. The van der Waals surface area contributed by atoms with Gasteiger partial charge in [-0.2, -0.15) is 4.72 Å². The summed E-state index contributed by atoms with van der Waals surface area (Å²) in [5.74, 6) is -2.31. The number of anilines is 1. The molecule has 7 nitrogen and oxygen atoms in total. The van der Waals surface area contributed by atoms with Gasteiger partial charge in [0.15, 0.2) is 6.61 Å². The molecule has 0 aliphatic carbocycles. The van der Waals surface area contributed by atoms with Crippen LogP contribution in [-0.4, -0.2) is 33.4 Å². The van der Waals surface area contributed by atoms with Gasteiger partial charge in [0.2, 0.25) is 10.0 Å². The second kappa shape index (κ2) is 8.74. The molecule has 1 amide bonds. The van der Waals surface area contributed by atoms with Crippen molar-refractivity contribution in [3.05, 3.63) is 59.4 Å². The topological polar surface area (TPSA) is 102 Å². The first-order chi connectivity index (χ1) is 12.7. The van der Waals surface area contributed by atoms with Crippen molar-refractivity contribution >= 4 is 27.6 Å². The summed E-state index contributed by atoms with van der Waals surface area (Å²) in [6, 6.07) is 10.1. The summed E-state index contributed by atoms with van der Waals surface area (Å²) in [4.78, 5) is 23.4. The van der Waals surface area contributed by atoms with E-state index in [9.17, 15) is 22.4 Å². The number of para-hydroxylation sites is 1. The number of hydrogen-bond acceptors (Lipinski definition) is 5. The van der Waals surface area contributed by atoms with Crippen LogP contribution in [0, 0.1) is 19.7 Å². The Balaban J connectivity index is 1.84. The molecule has 0 aliphatic rings. The summed E-state index contributed by atoms with van der Waals surface area (Å²) >= 11 is 0. The molecule has 2 N–H and O–H groups in total. The first-order valence-electron chi connectivity index (χ1n) is 7.96. The van der Waals surface area contributed by atoms with Crippen molar-refractivity contribution in [3.63, 3.8) is 0 Å². The molecule has 0 fully saturated rings. The van der Waals surface area contributed by atoms with Crippen LogP contribution in [0.25, 0.3) is 0 Å². The lowest BCUT2D eigenvalue weighted by Gasteiger charge is -2.09. The van der Waals surface area contributed by atoms with E-state index in [0.717, 1.165) is 11.1 Å². The summed E-state index contributed by atoms with van der Waals surface area (Å²) in [5, 5.41) is 2.25. The normalized spacial score (nSPS) is 11.1. The number of esters is 1. The summed E-state index contributed by atoms with van der Waals surface area (Å²) in [6.07, 6.45) is 0. The van der Waals surface area contributed by atoms with Gasteiger partial charge in [-0.1, -0.05) is 18.2 Å². The average molecular weight is 394 g/mol. The maximum Gasteiger partial charge on any atom is 0.321 e. The van der Waals surface area contributed by atoms with Crippen molar-refractivity contribution < 1.29 is 27.1 Å². The molecule has 0 saturated carbocycles. The molecule has 0 unspecified atom stereocenters. The van der Waals surface area contributed by atoms with E-state index in [1.807, 2.05) is 6.92 Å². The predicted octanol–water partition coefficient (Wildman–Crippen LogP) is 1.90. The highest BCUT2D eigenvalue weighted by Gasteiger charge is 2.17. The van der Waals surface area contributed by atoms with Gasteiger partial charge in [0.05, 0.1) is 10.6 Å². The Morgan fingerprint density at radius 2 is 1.78 bits per heavy atom. The number of amides is 1. The number of aryl methyl sites for hydroxylation is 2. The van der Waals surface area contributed by atoms with Gasteiger partial charge in [-0.05, 0) is 49.2 Å². The molecule has 0 atom stereocenters. The van der Waals surface area contributed by atoms with Gasteiger partial charge in [0.25, 0.3) is 5.91 Å². The molecule has 2 aromatic carbocycles. The van der Waals surface area contributed by atoms with E-state index in [1.165, 1.54) is 36.4 Å². The molecule has 0 radical (unpaired) electrons. The van der Waals surface area contributed by atoms with Crippen molar-refractivity contribution in [2.45, 2.75) is 18.7 Å². The summed E-state index contributed by atoms with van der Waals surface area (Å²) in [5.41, 5.74) is 1.69. The smallest absolute Gasteiger partial charge is 0.321 e. The third-order valence-electron chi connectivity index (χ3n) is 3.71. The molecule has 2 aromatic rings. The molecular formula is C18H19FN2O5S. The Hall–Kier alpha value is -2.78. The fraction of sp³-hybridized carbons (Fsp3) is 0.222. The number of hydrogen-bond donors (Lipinski definition) is 2. The Kier molecular flexibility index (Phi) is 6.65. The van der Waals surface area contributed by atoms with Crippen LogP contribution < -0.4 is 10.0 Å². The van der Waals surface area contributed by atoms with Crippen LogP contribution in [0.5, 0.6) is 0 Å². The Morgan fingerprint density at radius 3 is 2.44 bits per heavy atom. The van der Waals surface area contributed by atoms with Crippen LogP contribution in [-0.2, 0) is 24.3 Å². The minimum absolute atomic E-state index is 0.0238. The van der Waals surface area contributed by atoms with Crippen molar-refractivity contribution in [3.8, 4) is 0 Å². The van der Waals surface area contributed by atoms with Crippen LogP contribution >= 0.6 is 0 Å². The third-order valence-corrected chi connectivity index (χ3v) is 5.11. The van der Waals surface area contributed by atoms with E-state index >= 15 is 0 Å². The van der Waals surface area contributed by atoms with Gasteiger partial charge in [-0.25, -0.2) is 12.8 Å². The maximum atomic E-state index is 13.4. The van der Waals surface area contributed by atoms with E-state index in [-0.39, 0.29) is 10.6 Å². The lowest BCUT2D eigenvalue weighted by atomic mass is 10.1. The van der Waals surface area contributed by atoms with Crippen molar-refractivity contribution in [1.29, 1.82) is 0 Å². The second-order valence-corrected chi connectivity index (χ2v) is 7.53. The van der Waals surface area contributed by atoms with Crippen LogP contribution in [0.3, 0.4) is 0 Å². The minimum atomic E-state index is -3.89. The number of ether oxygens (including phenoxy) is 1. The van der Waals surface area contributed by atoms with E-state index in [1.54, 1.807) is 13.0 Å². The molecule has 0 aliphatic heterocycles. The summed E-state index contributed by atoms with van der Waals surface area (Å²) in [7, 11) is -3.89. The number of halogens is 1. The number of rotatable bonds is 7. The van der Waals surface area contributed by atoms with Crippen molar-refractivity contribution in [2.75, 3.05) is 18.5 Å². The number of nitrogens with one attached hydrogen (secondary N) is 2. The Morgan fingerprint density at radius 1 is 1.07 bits per heavy atom. The van der Waals surface area contributed by atoms with Crippen LogP contribution in [0.1, 0.15) is 11.1 Å². The zero-order valence-corrected chi connectivity index (χ0v) is 15.6. The monoisotopic (exact) mass is 394 g/mol. The quantitative estimate of drug-likeness (QED) is 0.699. The van der Waals surface area contributed by atoms with Crippen LogP contribution in [0.2, 0.25) is 0 Å². The van der Waals surface area contributed by atoms with Gasteiger partial charge in [-0.15, -0.1) is 0 Å². The number of carbonyl (C=O) groups excluding carboxylic acids is 2. The standard InChI is InChI=1S/C18H19FN2O5S/c1-12-7-8-14(9-13(12)2)27(24,25)20-10-18(23)26-11-17(22)21-16-6-4-3-5-15(16)19/h3-9,20H,10-11H2,1-2H3,(H,21,22). The highest BCUT2D eigenvalue weighted by atomic mass is 32.2. The maximum absolute atomic E-state index is 13.4. The van der Waals surface area contributed by atoms with Crippen LogP contribution in [0.15, 0.2) is 47.4 Å². The van der Waals surface area contributed by atoms with Crippen molar-refractivity contribution in [2.24, 2.45) is 0 Å². The SMILES string of the molecule is Cc1ccc(S(=O)(=O)NCC(=O)OCC(=O)Nc2ccccc2F)cc1C. The Bertz CT molecular complexity index is 960. The van der Waals surface area contributed by atoms with Gasteiger partial charge in [0.1, 0.15) is 12.4 Å². The largest absolute Gasteiger partial charge is 0.455 e. The fourth-order valence-corrected chi connectivity index (χ4v) is 3.12. The zero-order chi connectivity index (χ0) is 20.0. The summed E-state index contributed by atoms with van der Waals surface area (Å²) in [6.45, 7) is 2.32. The third kappa shape index (κ3) is 5.87. The molecule has 0 saturated heterocycles. The van der Waals surface area contributed by atoms with E-state index < -0.39 is 40.9 Å². The molecular weight excluding hydrogens is 375 g/mol. The first-order valence-corrected chi connectivity index (χ1v) is 9.44. The average Bonchev–Trinajstić information content (AvgIpc) is 2.62. The number of carbonyl (C=O) groups is 2. The minimum Gasteiger partial charge on any atom is -0.455 e. The van der Waals surface area contributed by atoms with Gasteiger partial charge < -0.3 is 10.1 Å². The molecule has 9 heteroatoms. The highest BCUT2D eigenvalue weighted by Crippen LogP contribution is 2.14. The lowest BCUT2D eigenvalue weighted by molar-refractivity contribution is -0.146. The van der Waals surface area contributed by atoms with Gasteiger partial charge >= 0.3 is 5.97 Å². The fourth-order valence-electron chi connectivity index (χ4n) is 2.06. The number of benzene rings is 2. The lowest BCUT2D eigenvalue weighted by Crippen LogP contribution is -2.32. The van der Waals surface area contributed by atoms with E-state index in [4.69, 9.17) is 0 Å². The Labute approximate surface area is 156 Å². The molecule has 2 rings (SSSR count). The van der Waals surface area contributed by atoms with Crippen LogP contribution in [0.4, 0.5) is 10.1 Å². The van der Waals surface area contributed by atoms with Crippen molar-refractivity contribution in [1.82, 2.24) is 4.72 Å². The van der Waals surface area contributed by atoms with E-state index in [2.05, 4.69) is 14.8 Å². The molecule has 0 spiro atoms. The molecule has 27 heavy (non-hydrogen) atoms. The molecule has 0 heterocycles. The van der Waals surface area contributed by atoms with E-state index in [0.29, 0.717) is 0 Å². The van der Waals surface area contributed by atoms with Gasteiger partial charge in [0, 0.05) is 0 Å². The van der Waals surface area contributed by atoms with Gasteiger partial charge in [-0.3, -0.25) is 9.59 Å². The predicted molar refractivity (Wildman–Crippen MR) is 97.1 cm³/mol. The molecule has 0 aromatic heterocycles. The number of sulfonamides is 1.